The number of hydrogen-bond acceptors (Lipinski definition) is 6. The van der Waals surface area contributed by atoms with E-state index in [0.717, 1.165) is 12.8 Å². The highest BCUT2D eigenvalue weighted by atomic mass is 16.5. The summed E-state index contributed by atoms with van der Waals surface area (Å²) in [6, 6.07) is 13.5. The summed E-state index contributed by atoms with van der Waals surface area (Å²) in [6.45, 7) is 2.38. The molecule has 3 rings (SSSR count). The molecule has 0 aliphatic rings. The van der Waals surface area contributed by atoms with Crippen LogP contribution in [0.1, 0.15) is 28.2 Å². The Morgan fingerprint density at radius 1 is 1.12 bits per heavy atom. The van der Waals surface area contributed by atoms with E-state index in [2.05, 4.69) is 37.9 Å². The maximum atomic E-state index is 12.2. The van der Waals surface area contributed by atoms with Gasteiger partial charge in [0, 0.05) is 18.7 Å². The molecule has 128 valence electrons. The Kier molecular flexibility index (Phi) is 5.36. The van der Waals surface area contributed by atoms with E-state index in [1.54, 1.807) is 19.1 Å². The molecule has 25 heavy (non-hydrogen) atoms. The number of rotatable bonds is 7. The van der Waals surface area contributed by atoms with Gasteiger partial charge in [-0.15, -0.1) is 0 Å². The smallest absolute Gasteiger partial charge is 0.270 e. The van der Waals surface area contributed by atoms with E-state index >= 15 is 0 Å². The second-order valence-corrected chi connectivity index (χ2v) is 5.58. The molecule has 2 aromatic heterocycles. The molecule has 0 saturated carbocycles. The van der Waals surface area contributed by atoms with Crippen LogP contribution in [0.3, 0.4) is 0 Å². The van der Waals surface area contributed by atoms with Gasteiger partial charge in [0.1, 0.15) is 23.6 Å². The van der Waals surface area contributed by atoms with Crippen molar-refractivity contribution in [1.82, 2.24) is 20.4 Å². The highest BCUT2D eigenvalue weighted by Gasteiger charge is 2.09. The molecule has 2 N–H and O–H groups in total. The number of anilines is 2. The lowest BCUT2D eigenvalue weighted by Crippen LogP contribution is -2.25. The Balaban J connectivity index is 1.50. The van der Waals surface area contributed by atoms with Crippen LogP contribution in [0.4, 0.5) is 11.6 Å². The van der Waals surface area contributed by atoms with Gasteiger partial charge >= 0.3 is 0 Å². The van der Waals surface area contributed by atoms with Crippen molar-refractivity contribution in [3.05, 3.63) is 65.8 Å². The van der Waals surface area contributed by atoms with Gasteiger partial charge < -0.3 is 15.2 Å². The largest absolute Gasteiger partial charge is 0.360 e. The average molecular weight is 337 g/mol. The van der Waals surface area contributed by atoms with Crippen LogP contribution in [0.2, 0.25) is 0 Å². The van der Waals surface area contributed by atoms with Crippen molar-refractivity contribution in [3.8, 4) is 0 Å². The fourth-order valence-electron chi connectivity index (χ4n) is 2.34. The number of hydrogen-bond donors (Lipinski definition) is 2. The molecule has 0 aliphatic heterocycles. The summed E-state index contributed by atoms with van der Waals surface area (Å²) >= 11 is 0. The van der Waals surface area contributed by atoms with Crippen molar-refractivity contribution >= 4 is 17.5 Å². The van der Waals surface area contributed by atoms with Gasteiger partial charge in [0.25, 0.3) is 5.91 Å². The lowest BCUT2D eigenvalue weighted by Gasteiger charge is -2.06. The highest BCUT2D eigenvalue weighted by molar-refractivity contribution is 5.92. The Bertz CT molecular complexity index is 832. The Morgan fingerprint density at radius 2 is 1.96 bits per heavy atom. The zero-order chi connectivity index (χ0) is 17.5. The van der Waals surface area contributed by atoms with Crippen LogP contribution in [-0.4, -0.2) is 27.6 Å². The molecular weight excluding hydrogens is 318 g/mol. The number of carbonyl (C=O) groups is 1. The summed E-state index contributed by atoms with van der Waals surface area (Å²) in [6.07, 6.45) is 3.13. The van der Waals surface area contributed by atoms with Crippen molar-refractivity contribution in [2.45, 2.75) is 19.8 Å². The summed E-state index contributed by atoms with van der Waals surface area (Å²) in [5.41, 5.74) is 1.56. The van der Waals surface area contributed by atoms with Crippen molar-refractivity contribution in [2.75, 3.05) is 11.9 Å². The number of aromatic nitrogens is 3. The zero-order valence-corrected chi connectivity index (χ0v) is 13.9. The quantitative estimate of drug-likeness (QED) is 0.644. The normalized spacial score (nSPS) is 10.4. The minimum Gasteiger partial charge on any atom is -0.360 e. The lowest BCUT2D eigenvalue weighted by molar-refractivity contribution is 0.0948. The first-order valence-corrected chi connectivity index (χ1v) is 8.05. The van der Waals surface area contributed by atoms with E-state index in [4.69, 9.17) is 4.52 Å². The first-order valence-electron chi connectivity index (χ1n) is 8.05. The summed E-state index contributed by atoms with van der Waals surface area (Å²) in [7, 11) is 0. The topological polar surface area (TPSA) is 92.9 Å². The van der Waals surface area contributed by atoms with Crippen LogP contribution in [0, 0.1) is 6.92 Å². The molecule has 7 heteroatoms. The Labute approximate surface area is 145 Å². The second-order valence-electron chi connectivity index (χ2n) is 5.58. The minimum absolute atomic E-state index is 0.227. The molecule has 2 heterocycles. The number of nitrogens with one attached hydrogen (secondary N) is 2. The van der Waals surface area contributed by atoms with Gasteiger partial charge in [0.15, 0.2) is 5.82 Å². The Hall–Kier alpha value is -3.22. The van der Waals surface area contributed by atoms with E-state index < -0.39 is 0 Å². The van der Waals surface area contributed by atoms with Crippen molar-refractivity contribution in [3.63, 3.8) is 0 Å². The molecule has 0 saturated heterocycles. The molecule has 0 fully saturated rings. The van der Waals surface area contributed by atoms with Gasteiger partial charge in [0.05, 0.1) is 0 Å². The van der Waals surface area contributed by atoms with Crippen molar-refractivity contribution in [1.29, 1.82) is 0 Å². The standard InChI is InChI=1S/C18H19N5O2/c1-13-10-17(23-25-13)22-16-11-15(20-12-21-16)18(24)19-9-5-8-14-6-3-2-4-7-14/h2-4,6-7,10-12H,5,8-9H2,1H3,(H,19,24)(H,20,21,22,23). The molecule has 0 aliphatic carbocycles. The van der Waals surface area contributed by atoms with Gasteiger partial charge in [-0.05, 0) is 25.3 Å². The fourth-order valence-corrected chi connectivity index (χ4v) is 2.34. The molecule has 3 aromatic rings. The number of aryl methyl sites for hydroxylation is 2. The molecule has 1 aromatic carbocycles. The highest BCUT2D eigenvalue weighted by Crippen LogP contribution is 2.14. The first kappa shape index (κ1) is 16.6. The third-order valence-corrected chi connectivity index (χ3v) is 3.55. The lowest BCUT2D eigenvalue weighted by atomic mass is 10.1. The van der Waals surface area contributed by atoms with Crippen LogP contribution < -0.4 is 10.6 Å². The van der Waals surface area contributed by atoms with Crippen LogP contribution in [0.5, 0.6) is 0 Å². The van der Waals surface area contributed by atoms with E-state index in [-0.39, 0.29) is 5.91 Å². The van der Waals surface area contributed by atoms with Crippen molar-refractivity contribution in [2.24, 2.45) is 0 Å². The molecule has 1 amide bonds. The summed E-state index contributed by atoms with van der Waals surface area (Å²) < 4.78 is 4.98. The van der Waals surface area contributed by atoms with Gasteiger partial charge in [-0.1, -0.05) is 35.5 Å². The molecular formula is C18H19N5O2. The van der Waals surface area contributed by atoms with Gasteiger partial charge in [-0.25, -0.2) is 9.97 Å². The maximum Gasteiger partial charge on any atom is 0.270 e. The third-order valence-electron chi connectivity index (χ3n) is 3.55. The molecule has 0 radical (unpaired) electrons. The van der Waals surface area contributed by atoms with Gasteiger partial charge in [-0.2, -0.15) is 0 Å². The minimum atomic E-state index is -0.227. The molecule has 0 bridgehead atoms. The number of nitrogens with zero attached hydrogens (tertiary/aromatic N) is 3. The van der Waals surface area contributed by atoms with Gasteiger partial charge in [-0.3, -0.25) is 4.79 Å². The van der Waals surface area contributed by atoms with Crippen LogP contribution in [0.25, 0.3) is 0 Å². The van der Waals surface area contributed by atoms with E-state index in [1.165, 1.54) is 11.9 Å². The fraction of sp³-hybridized carbons (Fsp3) is 0.222. The predicted octanol–water partition coefficient (Wildman–Crippen LogP) is 2.88. The van der Waals surface area contributed by atoms with Crippen molar-refractivity contribution < 1.29 is 9.32 Å². The Morgan fingerprint density at radius 3 is 2.72 bits per heavy atom. The number of carbonyl (C=O) groups excluding carboxylic acids is 1. The molecule has 7 nitrogen and oxygen atoms in total. The number of benzene rings is 1. The second kappa shape index (κ2) is 8.05. The average Bonchev–Trinajstić information content (AvgIpc) is 3.04. The first-order chi connectivity index (χ1) is 12.2. The SMILES string of the molecule is Cc1cc(Nc2cc(C(=O)NCCCc3ccccc3)ncn2)no1. The monoisotopic (exact) mass is 337 g/mol. The van der Waals surface area contributed by atoms with Crippen LogP contribution in [0.15, 0.2) is 53.3 Å². The van der Waals surface area contributed by atoms with Gasteiger partial charge in [0.2, 0.25) is 0 Å². The van der Waals surface area contributed by atoms with Crippen LogP contribution >= 0.6 is 0 Å². The predicted molar refractivity (Wildman–Crippen MR) is 93.7 cm³/mol. The summed E-state index contributed by atoms with van der Waals surface area (Å²) in [5, 5.41) is 9.67. The summed E-state index contributed by atoms with van der Waals surface area (Å²) in [4.78, 5) is 20.3. The molecule has 0 spiro atoms. The maximum absolute atomic E-state index is 12.2. The van der Waals surface area contributed by atoms with Crippen LogP contribution in [-0.2, 0) is 6.42 Å². The summed E-state index contributed by atoms with van der Waals surface area (Å²) in [5.74, 6) is 1.48. The molecule has 0 atom stereocenters. The van der Waals surface area contributed by atoms with E-state index in [0.29, 0.717) is 29.6 Å². The van der Waals surface area contributed by atoms with E-state index in [1.807, 2.05) is 18.2 Å². The number of amides is 1. The van der Waals surface area contributed by atoms with E-state index in [9.17, 15) is 4.79 Å². The third kappa shape index (κ3) is 4.87. The molecule has 0 unspecified atom stereocenters. The zero-order valence-electron chi connectivity index (χ0n) is 13.9.